The summed E-state index contributed by atoms with van der Waals surface area (Å²) in [6.45, 7) is 1.54. The van der Waals surface area contributed by atoms with Crippen molar-refractivity contribution in [2.24, 2.45) is 5.73 Å². The molecule has 6 aromatic rings. The van der Waals surface area contributed by atoms with E-state index in [4.69, 9.17) is 10.7 Å². The van der Waals surface area contributed by atoms with Crippen LogP contribution in [0.4, 0.5) is 10.2 Å². The highest BCUT2D eigenvalue weighted by molar-refractivity contribution is 6.00. The SMILES string of the molecule is NC1CN(c2cncc(-c3cnc4n[nH]c(-c5cc6c(-c7ccccc7F)cncc6[nH]5)c4c3)n2)C1. The number of aromatic nitrogens is 7. The zero-order valence-corrected chi connectivity index (χ0v) is 19.0. The van der Waals surface area contributed by atoms with E-state index in [1.807, 2.05) is 18.2 Å². The number of pyridine rings is 2. The molecule has 0 unspecified atom stereocenters. The highest BCUT2D eigenvalue weighted by atomic mass is 19.1. The molecule has 1 aliphatic rings. The first-order valence-electron chi connectivity index (χ1n) is 11.5. The summed E-state index contributed by atoms with van der Waals surface area (Å²) in [6.07, 6.45) is 8.62. The van der Waals surface area contributed by atoms with E-state index in [9.17, 15) is 4.39 Å². The Bertz CT molecular complexity index is 1750. The Morgan fingerprint density at radius 3 is 2.67 bits per heavy atom. The van der Waals surface area contributed by atoms with Crippen LogP contribution in [-0.4, -0.2) is 54.2 Å². The Kier molecular flexibility index (Phi) is 4.55. The molecule has 1 saturated heterocycles. The number of H-pyrrole nitrogens is 2. The van der Waals surface area contributed by atoms with E-state index >= 15 is 0 Å². The van der Waals surface area contributed by atoms with Gasteiger partial charge in [-0.1, -0.05) is 18.2 Å². The lowest BCUT2D eigenvalue weighted by Gasteiger charge is -2.37. The van der Waals surface area contributed by atoms with Crippen LogP contribution >= 0.6 is 0 Å². The Balaban J connectivity index is 1.32. The molecular weight excluding hydrogens is 457 g/mol. The second-order valence-electron chi connectivity index (χ2n) is 8.93. The number of benzene rings is 1. The molecule has 0 saturated carbocycles. The van der Waals surface area contributed by atoms with Gasteiger partial charge in [0.15, 0.2) is 5.65 Å². The maximum absolute atomic E-state index is 14.5. The van der Waals surface area contributed by atoms with Gasteiger partial charge in [0.25, 0.3) is 0 Å². The smallest absolute Gasteiger partial charge is 0.181 e. The lowest BCUT2D eigenvalue weighted by Crippen LogP contribution is -2.56. The summed E-state index contributed by atoms with van der Waals surface area (Å²) < 4.78 is 14.5. The van der Waals surface area contributed by atoms with Crippen LogP contribution in [0.3, 0.4) is 0 Å². The number of nitrogens with one attached hydrogen (secondary N) is 2. The van der Waals surface area contributed by atoms with Gasteiger partial charge in [0.2, 0.25) is 0 Å². The first kappa shape index (κ1) is 20.7. The van der Waals surface area contributed by atoms with Crippen molar-refractivity contribution in [1.82, 2.24) is 35.1 Å². The van der Waals surface area contributed by atoms with Crippen molar-refractivity contribution in [3.8, 4) is 33.8 Å². The van der Waals surface area contributed by atoms with Crippen molar-refractivity contribution < 1.29 is 4.39 Å². The molecular formula is C26H20FN9. The molecule has 1 aliphatic heterocycles. The van der Waals surface area contributed by atoms with Crippen LogP contribution < -0.4 is 10.6 Å². The van der Waals surface area contributed by atoms with Crippen LogP contribution in [0.1, 0.15) is 0 Å². The molecule has 0 atom stereocenters. The summed E-state index contributed by atoms with van der Waals surface area (Å²) in [5, 5.41) is 9.17. The first-order valence-corrected chi connectivity index (χ1v) is 11.5. The molecule has 6 heterocycles. The average molecular weight is 478 g/mol. The van der Waals surface area contributed by atoms with E-state index in [0.717, 1.165) is 57.8 Å². The fourth-order valence-electron chi connectivity index (χ4n) is 4.67. The second kappa shape index (κ2) is 7.92. The number of halogens is 1. The Labute approximate surface area is 204 Å². The zero-order valence-electron chi connectivity index (χ0n) is 19.0. The third-order valence-electron chi connectivity index (χ3n) is 6.54. The Hall–Kier alpha value is -4.70. The van der Waals surface area contributed by atoms with Gasteiger partial charge in [0.05, 0.1) is 41.2 Å². The number of rotatable bonds is 4. The number of fused-ring (bicyclic) bond motifs is 2. The summed E-state index contributed by atoms with van der Waals surface area (Å²) in [6, 6.07) is 10.8. The number of aromatic amines is 2. The summed E-state index contributed by atoms with van der Waals surface area (Å²) >= 11 is 0. The Morgan fingerprint density at radius 2 is 1.81 bits per heavy atom. The maximum atomic E-state index is 14.5. The van der Waals surface area contributed by atoms with Crippen molar-refractivity contribution in [1.29, 1.82) is 0 Å². The van der Waals surface area contributed by atoms with Crippen LogP contribution in [0.2, 0.25) is 0 Å². The van der Waals surface area contributed by atoms with Crippen LogP contribution in [-0.2, 0) is 0 Å². The van der Waals surface area contributed by atoms with Gasteiger partial charge in [-0.25, -0.2) is 14.4 Å². The number of anilines is 1. The molecule has 7 rings (SSSR count). The van der Waals surface area contributed by atoms with Gasteiger partial charge in [-0.05, 0) is 18.2 Å². The predicted molar refractivity (Wildman–Crippen MR) is 136 cm³/mol. The molecule has 0 spiro atoms. The molecule has 0 amide bonds. The molecule has 1 aromatic carbocycles. The summed E-state index contributed by atoms with van der Waals surface area (Å²) in [4.78, 5) is 23.5. The van der Waals surface area contributed by atoms with E-state index in [-0.39, 0.29) is 11.9 Å². The molecule has 9 nitrogen and oxygen atoms in total. The van der Waals surface area contributed by atoms with Crippen molar-refractivity contribution >= 4 is 27.8 Å². The lowest BCUT2D eigenvalue weighted by atomic mass is 10.0. The molecule has 10 heteroatoms. The second-order valence-corrected chi connectivity index (χ2v) is 8.93. The fourth-order valence-corrected chi connectivity index (χ4v) is 4.67. The molecule has 5 aromatic heterocycles. The first-order chi connectivity index (χ1) is 17.6. The van der Waals surface area contributed by atoms with Gasteiger partial charge >= 0.3 is 0 Å². The monoisotopic (exact) mass is 477 g/mol. The number of nitrogens with zero attached hydrogens (tertiary/aromatic N) is 6. The quantitative estimate of drug-likeness (QED) is 0.351. The highest BCUT2D eigenvalue weighted by Crippen LogP contribution is 2.35. The van der Waals surface area contributed by atoms with E-state index < -0.39 is 0 Å². The van der Waals surface area contributed by atoms with Crippen molar-refractivity contribution in [2.45, 2.75) is 6.04 Å². The topological polar surface area (TPSA) is 125 Å². The summed E-state index contributed by atoms with van der Waals surface area (Å²) in [5.41, 5.74) is 11.6. The van der Waals surface area contributed by atoms with Crippen molar-refractivity contribution in [3.63, 3.8) is 0 Å². The van der Waals surface area contributed by atoms with Crippen LogP contribution in [0.25, 0.3) is 55.7 Å². The minimum atomic E-state index is -0.293. The van der Waals surface area contributed by atoms with Gasteiger partial charge in [0.1, 0.15) is 11.6 Å². The fraction of sp³-hybridized carbons (Fsp3) is 0.115. The average Bonchev–Trinajstić information content (AvgIpc) is 3.51. The number of hydrogen-bond donors (Lipinski definition) is 3. The predicted octanol–water partition coefficient (Wildman–Crippen LogP) is 3.91. The van der Waals surface area contributed by atoms with E-state index in [2.05, 4.69) is 35.0 Å². The third-order valence-corrected chi connectivity index (χ3v) is 6.54. The zero-order chi connectivity index (χ0) is 24.2. The van der Waals surface area contributed by atoms with Gasteiger partial charge < -0.3 is 15.6 Å². The Morgan fingerprint density at radius 1 is 0.944 bits per heavy atom. The summed E-state index contributed by atoms with van der Waals surface area (Å²) in [5.74, 6) is 0.504. The minimum Gasteiger partial charge on any atom is -0.352 e. The minimum absolute atomic E-state index is 0.173. The van der Waals surface area contributed by atoms with Gasteiger partial charge in [-0.15, -0.1) is 0 Å². The molecule has 176 valence electrons. The number of hydrogen-bond acceptors (Lipinski definition) is 7. The molecule has 1 fully saturated rings. The largest absolute Gasteiger partial charge is 0.352 e. The van der Waals surface area contributed by atoms with Crippen molar-refractivity contribution in [2.75, 3.05) is 18.0 Å². The van der Waals surface area contributed by atoms with Crippen molar-refractivity contribution in [3.05, 3.63) is 73.2 Å². The standard InChI is InChI=1S/C26H20FN9/c27-20-4-2-1-3-16(20)19-8-29-10-23-17(19)6-21(32-23)25-18-5-14(7-31-26(18)35-34-25)22-9-30-11-24(33-22)36-12-15(28)13-36/h1-11,15,32H,12-13,28H2,(H,31,34,35). The highest BCUT2D eigenvalue weighted by Gasteiger charge is 2.25. The van der Waals surface area contributed by atoms with E-state index in [0.29, 0.717) is 16.8 Å². The summed E-state index contributed by atoms with van der Waals surface area (Å²) in [7, 11) is 0. The van der Waals surface area contributed by atoms with Gasteiger partial charge in [0, 0.05) is 59.0 Å². The lowest BCUT2D eigenvalue weighted by molar-refractivity contribution is 0.514. The molecule has 4 N–H and O–H groups in total. The van der Waals surface area contributed by atoms with Gasteiger partial charge in [-0.3, -0.25) is 15.1 Å². The van der Waals surface area contributed by atoms with Crippen LogP contribution in [0.15, 0.2) is 67.4 Å². The van der Waals surface area contributed by atoms with Gasteiger partial charge in [-0.2, -0.15) is 5.10 Å². The normalized spacial score (nSPS) is 14.0. The molecule has 0 radical (unpaired) electrons. The number of nitrogens with two attached hydrogens (primary N) is 1. The third kappa shape index (κ3) is 3.30. The van der Waals surface area contributed by atoms with E-state index in [1.165, 1.54) is 6.07 Å². The maximum Gasteiger partial charge on any atom is 0.181 e. The molecule has 36 heavy (non-hydrogen) atoms. The molecule has 0 bridgehead atoms. The van der Waals surface area contributed by atoms with E-state index in [1.54, 1.807) is 43.1 Å². The van der Waals surface area contributed by atoms with Crippen LogP contribution in [0, 0.1) is 5.82 Å². The van der Waals surface area contributed by atoms with Crippen LogP contribution in [0.5, 0.6) is 0 Å². The molecule has 0 aliphatic carbocycles.